The Morgan fingerprint density at radius 2 is 2.04 bits per heavy atom. The van der Waals surface area contributed by atoms with Gasteiger partial charge in [0.15, 0.2) is 0 Å². The summed E-state index contributed by atoms with van der Waals surface area (Å²) in [5.74, 6) is 0.322. The van der Waals surface area contributed by atoms with Crippen molar-refractivity contribution in [1.29, 1.82) is 5.26 Å². The van der Waals surface area contributed by atoms with Crippen molar-refractivity contribution in [3.63, 3.8) is 0 Å². The van der Waals surface area contributed by atoms with Gasteiger partial charge in [-0.05, 0) is 29.9 Å². The minimum atomic E-state index is -0.0654. The van der Waals surface area contributed by atoms with Crippen molar-refractivity contribution in [2.75, 3.05) is 13.1 Å². The molecular weight excluding hydrogens is 298 g/mol. The highest BCUT2D eigenvalue weighted by Gasteiger charge is 2.52. The summed E-state index contributed by atoms with van der Waals surface area (Å²) < 4.78 is 0. The average molecular weight is 317 g/mol. The van der Waals surface area contributed by atoms with Gasteiger partial charge in [0, 0.05) is 31.4 Å². The lowest BCUT2D eigenvalue weighted by Crippen LogP contribution is -2.37. The highest BCUT2D eigenvalue weighted by Crippen LogP contribution is 2.55. The van der Waals surface area contributed by atoms with Crippen LogP contribution in [0, 0.1) is 16.7 Å². The zero-order chi connectivity index (χ0) is 16.6. The van der Waals surface area contributed by atoms with E-state index >= 15 is 0 Å². The maximum absolute atomic E-state index is 13.0. The van der Waals surface area contributed by atoms with Gasteiger partial charge >= 0.3 is 0 Å². The van der Waals surface area contributed by atoms with Crippen LogP contribution in [-0.4, -0.2) is 28.9 Å². The van der Waals surface area contributed by atoms with E-state index in [1.807, 2.05) is 11.0 Å². The Morgan fingerprint density at radius 1 is 1.25 bits per heavy atom. The number of nitrogens with zero attached hydrogens (tertiary/aromatic N) is 3. The van der Waals surface area contributed by atoms with E-state index in [-0.39, 0.29) is 11.3 Å². The predicted octanol–water partition coefficient (Wildman–Crippen LogP) is 3.36. The van der Waals surface area contributed by atoms with Crippen molar-refractivity contribution in [3.05, 3.63) is 65.5 Å². The molecule has 1 aliphatic heterocycles. The highest BCUT2D eigenvalue weighted by atomic mass is 16.2. The number of amides is 1. The van der Waals surface area contributed by atoms with Gasteiger partial charge in [-0.2, -0.15) is 5.26 Å². The molecule has 120 valence electrons. The lowest BCUT2D eigenvalue weighted by Gasteiger charge is -2.43. The smallest absolute Gasteiger partial charge is 0.256 e. The maximum Gasteiger partial charge on any atom is 0.256 e. The van der Waals surface area contributed by atoms with E-state index in [4.69, 9.17) is 0 Å². The first-order valence-corrected chi connectivity index (χ1v) is 8.42. The molecule has 4 nitrogen and oxygen atoms in total. The summed E-state index contributed by atoms with van der Waals surface area (Å²) in [6, 6.07) is 14.2. The molecule has 1 saturated carbocycles. The first kappa shape index (κ1) is 14.9. The van der Waals surface area contributed by atoms with Crippen LogP contribution < -0.4 is 0 Å². The van der Waals surface area contributed by atoms with Crippen molar-refractivity contribution in [2.45, 2.75) is 25.2 Å². The van der Waals surface area contributed by atoms with Crippen molar-refractivity contribution in [3.8, 4) is 6.07 Å². The molecule has 2 fully saturated rings. The zero-order valence-electron chi connectivity index (χ0n) is 13.5. The number of carbonyl (C=O) groups is 1. The van der Waals surface area contributed by atoms with Crippen LogP contribution in [0.1, 0.15) is 46.7 Å². The zero-order valence-corrected chi connectivity index (χ0v) is 13.5. The largest absolute Gasteiger partial charge is 0.337 e. The number of aromatic nitrogens is 1. The van der Waals surface area contributed by atoms with E-state index in [1.54, 1.807) is 12.3 Å². The summed E-state index contributed by atoms with van der Waals surface area (Å²) in [5.41, 5.74) is 2.36. The van der Waals surface area contributed by atoms with Crippen molar-refractivity contribution in [1.82, 2.24) is 9.88 Å². The standard InChI is InChI=1S/C20H19N3O/c21-11-16-7-10-22-12-17(16)19(24)23-13-18(15-5-2-1-3-6-15)20(14-23)8-4-9-20/h1-3,5-7,10,12,18H,4,8-9,13-14H2. The second-order valence-electron chi connectivity index (χ2n) is 6.90. The number of nitriles is 1. The van der Waals surface area contributed by atoms with E-state index in [0.29, 0.717) is 17.0 Å². The molecule has 2 aromatic rings. The SMILES string of the molecule is N#Cc1ccncc1C(=O)N1CC(c2ccccc2)C2(CCC2)C1. The van der Waals surface area contributed by atoms with Crippen LogP contribution in [0.4, 0.5) is 0 Å². The third-order valence-corrected chi connectivity index (χ3v) is 5.66. The molecule has 0 N–H and O–H groups in total. The Hall–Kier alpha value is -2.67. The van der Waals surface area contributed by atoms with Gasteiger partial charge in [0.1, 0.15) is 6.07 Å². The molecule has 4 rings (SSSR count). The molecule has 0 bridgehead atoms. The van der Waals surface area contributed by atoms with Gasteiger partial charge in [0.2, 0.25) is 0 Å². The summed E-state index contributed by atoms with van der Waals surface area (Å²) in [6.45, 7) is 1.51. The van der Waals surface area contributed by atoms with Gasteiger partial charge in [-0.3, -0.25) is 9.78 Å². The Kier molecular flexibility index (Phi) is 3.57. The molecule has 1 aliphatic carbocycles. The van der Waals surface area contributed by atoms with Crippen molar-refractivity contribution in [2.24, 2.45) is 5.41 Å². The fourth-order valence-electron chi connectivity index (χ4n) is 4.24. The molecule has 1 spiro atoms. The number of carbonyl (C=O) groups excluding carboxylic acids is 1. The quantitative estimate of drug-likeness (QED) is 0.853. The summed E-state index contributed by atoms with van der Waals surface area (Å²) >= 11 is 0. The van der Waals surface area contributed by atoms with Crippen LogP contribution in [0.5, 0.6) is 0 Å². The molecule has 2 heterocycles. The number of pyridine rings is 1. The van der Waals surface area contributed by atoms with Crippen LogP contribution in [0.3, 0.4) is 0 Å². The third kappa shape index (κ3) is 2.28. The minimum Gasteiger partial charge on any atom is -0.337 e. The summed E-state index contributed by atoms with van der Waals surface area (Å²) in [5, 5.41) is 9.25. The lowest BCUT2D eigenvalue weighted by molar-refractivity contribution is 0.0724. The fraction of sp³-hybridized carbons (Fsp3) is 0.350. The molecule has 4 heteroatoms. The van der Waals surface area contributed by atoms with Crippen LogP contribution >= 0.6 is 0 Å². The molecule has 2 aliphatic rings. The Balaban J connectivity index is 1.64. The fourth-order valence-corrected chi connectivity index (χ4v) is 4.24. The number of hydrogen-bond donors (Lipinski definition) is 0. The number of benzene rings is 1. The topological polar surface area (TPSA) is 57.0 Å². The highest BCUT2D eigenvalue weighted by molar-refractivity contribution is 5.96. The number of rotatable bonds is 2. The second kappa shape index (κ2) is 5.76. The Morgan fingerprint density at radius 3 is 2.71 bits per heavy atom. The van der Waals surface area contributed by atoms with Crippen molar-refractivity contribution < 1.29 is 4.79 Å². The van der Waals surface area contributed by atoms with Crippen LogP contribution in [0.15, 0.2) is 48.8 Å². The number of hydrogen-bond acceptors (Lipinski definition) is 3. The molecule has 0 radical (unpaired) electrons. The summed E-state index contributed by atoms with van der Waals surface area (Å²) in [4.78, 5) is 18.9. The van der Waals surface area contributed by atoms with Gasteiger partial charge in [0.05, 0.1) is 11.1 Å². The molecule has 1 saturated heterocycles. The Labute approximate surface area is 141 Å². The van der Waals surface area contributed by atoms with Gasteiger partial charge in [0.25, 0.3) is 5.91 Å². The summed E-state index contributed by atoms with van der Waals surface area (Å²) in [7, 11) is 0. The van der Waals surface area contributed by atoms with E-state index in [0.717, 1.165) is 13.1 Å². The minimum absolute atomic E-state index is 0.0654. The van der Waals surface area contributed by atoms with Crippen molar-refractivity contribution >= 4 is 5.91 Å². The van der Waals surface area contributed by atoms with Gasteiger partial charge in [-0.25, -0.2) is 0 Å². The monoisotopic (exact) mass is 317 g/mol. The predicted molar refractivity (Wildman–Crippen MR) is 90.3 cm³/mol. The normalized spacial score (nSPS) is 21.3. The number of likely N-dealkylation sites (tertiary alicyclic amines) is 1. The van der Waals surface area contributed by atoms with E-state index < -0.39 is 0 Å². The molecule has 1 aromatic carbocycles. The average Bonchev–Trinajstić information content (AvgIpc) is 3.03. The van der Waals surface area contributed by atoms with Gasteiger partial charge in [-0.1, -0.05) is 36.8 Å². The first-order chi connectivity index (χ1) is 11.7. The van der Waals surface area contributed by atoms with E-state index in [1.165, 1.54) is 31.0 Å². The molecular formula is C20H19N3O. The molecule has 1 amide bonds. The molecule has 24 heavy (non-hydrogen) atoms. The van der Waals surface area contributed by atoms with Crippen LogP contribution in [-0.2, 0) is 0 Å². The molecule has 1 atom stereocenters. The van der Waals surface area contributed by atoms with E-state index in [2.05, 4.69) is 35.3 Å². The van der Waals surface area contributed by atoms with Gasteiger partial charge < -0.3 is 4.90 Å². The van der Waals surface area contributed by atoms with E-state index in [9.17, 15) is 10.1 Å². The summed E-state index contributed by atoms with van der Waals surface area (Å²) in [6.07, 6.45) is 6.66. The Bertz CT molecular complexity index is 805. The second-order valence-corrected chi connectivity index (χ2v) is 6.90. The molecule has 1 aromatic heterocycles. The van der Waals surface area contributed by atoms with Crippen LogP contribution in [0.2, 0.25) is 0 Å². The first-order valence-electron chi connectivity index (χ1n) is 8.42. The molecule has 1 unspecified atom stereocenters. The maximum atomic E-state index is 13.0. The van der Waals surface area contributed by atoms with Crippen LogP contribution in [0.25, 0.3) is 0 Å². The lowest BCUT2D eigenvalue weighted by atomic mass is 9.61. The van der Waals surface area contributed by atoms with Gasteiger partial charge in [-0.15, -0.1) is 0 Å². The third-order valence-electron chi connectivity index (χ3n) is 5.66.